The van der Waals surface area contributed by atoms with E-state index in [-0.39, 0.29) is 36.8 Å². The summed E-state index contributed by atoms with van der Waals surface area (Å²) < 4.78 is 6.98. The normalized spacial score (nSPS) is 26.6. The number of hydrogen-bond acceptors (Lipinski definition) is 6. The van der Waals surface area contributed by atoms with E-state index in [9.17, 15) is 24.3 Å². The summed E-state index contributed by atoms with van der Waals surface area (Å²) in [5.41, 5.74) is 4.95. The Morgan fingerprint density at radius 1 is 1.08 bits per heavy atom. The number of benzene rings is 2. The van der Waals surface area contributed by atoms with Gasteiger partial charge in [-0.05, 0) is 82.5 Å². The molecule has 2 aromatic carbocycles. The number of carbonyl (C=O) groups is 3. The van der Waals surface area contributed by atoms with Crippen LogP contribution in [0, 0.1) is 5.92 Å². The lowest BCUT2D eigenvalue weighted by Gasteiger charge is -2.37. The van der Waals surface area contributed by atoms with Gasteiger partial charge in [0.1, 0.15) is 0 Å². The Labute approximate surface area is 291 Å². The van der Waals surface area contributed by atoms with Crippen LogP contribution in [0.1, 0.15) is 70.1 Å². The molecule has 262 valence electrons. The van der Waals surface area contributed by atoms with E-state index < -0.39 is 31.5 Å². The van der Waals surface area contributed by atoms with Crippen molar-refractivity contribution in [3.05, 3.63) is 82.5 Å². The van der Waals surface area contributed by atoms with Crippen molar-refractivity contribution in [3.63, 3.8) is 0 Å². The van der Waals surface area contributed by atoms with Crippen molar-refractivity contribution in [2.24, 2.45) is 5.92 Å². The SMILES string of the molecule is CC(C)=CCC/C(C)=C/CN1C(=O)[C@]2(O[C@H](CC(=O)N3Cc4ccccc4C[C@H]3CO)[C@@H]([Si](C)(C)O)[C@@H]2C)c2cc(N3CCC3=O)ccc21. The van der Waals surface area contributed by atoms with Gasteiger partial charge in [-0.25, -0.2) is 0 Å². The molecule has 9 nitrogen and oxygen atoms in total. The molecule has 5 atom stereocenters. The number of hydrogen-bond donors (Lipinski definition) is 2. The van der Waals surface area contributed by atoms with Gasteiger partial charge in [0, 0.05) is 48.8 Å². The number of aliphatic hydroxyl groups excluding tert-OH is 1. The zero-order valence-electron chi connectivity index (χ0n) is 29.7. The Hall–Kier alpha value is -3.57. The van der Waals surface area contributed by atoms with E-state index in [1.807, 2.05) is 62.5 Å². The molecule has 1 spiro atoms. The van der Waals surface area contributed by atoms with Gasteiger partial charge in [-0.1, -0.05) is 54.5 Å². The van der Waals surface area contributed by atoms with Gasteiger partial charge >= 0.3 is 0 Å². The third-order valence-corrected chi connectivity index (χ3v) is 13.6. The average Bonchev–Trinajstić information content (AvgIpc) is 3.47. The molecule has 4 heterocycles. The molecule has 0 saturated carbocycles. The molecule has 0 unspecified atom stereocenters. The number of aliphatic hydroxyl groups is 1. The van der Waals surface area contributed by atoms with Gasteiger partial charge in [0.25, 0.3) is 5.91 Å². The number of carbonyl (C=O) groups excluding carboxylic acids is 3. The number of nitrogens with zero attached hydrogens (tertiary/aromatic N) is 3. The van der Waals surface area contributed by atoms with Gasteiger partial charge < -0.3 is 29.3 Å². The lowest BCUT2D eigenvalue weighted by Crippen LogP contribution is -2.48. The molecular formula is C39H51N3O6Si. The summed E-state index contributed by atoms with van der Waals surface area (Å²) in [5.74, 6) is -0.761. The van der Waals surface area contributed by atoms with Crippen LogP contribution in [-0.4, -0.2) is 72.7 Å². The first-order valence-corrected chi connectivity index (χ1v) is 20.7. The topological polar surface area (TPSA) is 111 Å². The highest BCUT2D eigenvalue weighted by molar-refractivity contribution is 6.71. The van der Waals surface area contributed by atoms with Gasteiger partial charge in [0.05, 0.1) is 30.9 Å². The van der Waals surface area contributed by atoms with Gasteiger partial charge in [-0.3, -0.25) is 14.4 Å². The minimum atomic E-state index is -3.02. The first kappa shape index (κ1) is 35.3. The summed E-state index contributed by atoms with van der Waals surface area (Å²) in [4.78, 5) is 58.5. The van der Waals surface area contributed by atoms with E-state index in [0.29, 0.717) is 38.0 Å². The second kappa shape index (κ2) is 13.6. The molecule has 2 saturated heterocycles. The summed E-state index contributed by atoms with van der Waals surface area (Å²) in [6, 6.07) is 13.4. The molecule has 0 aromatic heterocycles. The molecule has 0 aliphatic carbocycles. The molecule has 3 amide bonds. The van der Waals surface area contributed by atoms with E-state index >= 15 is 0 Å². The highest BCUT2D eigenvalue weighted by atomic mass is 28.4. The van der Waals surface area contributed by atoms with Gasteiger partial charge in [-0.15, -0.1) is 0 Å². The number of ether oxygens (including phenoxy) is 1. The number of rotatable bonds is 10. The first-order valence-electron chi connectivity index (χ1n) is 17.7. The molecule has 10 heteroatoms. The average molecular weight is 686 g/mol. The molecule has 6 rings (SSSR count). The van der Waals surface area contributed by atoms with Crippen molar-refractivity contribution in [2.75, 3.05) is 29.5 Å². The van der Waals surface area contributed by atoms with Crippen LogP contribution in [0.4, 0.5) is 11.4 Å². The Kier molecular flexibility index (Phi) is 9.80. The first-order chi connectivity index (χ1) is 23.3. The quantitative estimate of drug-likeness (QED) is 0.192. The molecule has 49 heavy (non-hydrogen) atoms. The smallest absolute Gasteiger partial charge is 0.264 e. The van der Waals surface area contributed by atoms with Crippen LogP contribution in [0.15, 0.2) is 65.8 Å². The number of allylic oxidation sites excluding steroid dienone is 3. The number of amides is 3. The predicted molar refractivity (Wildman–Crippen MR) is 194 cm³/mol. The lowest BCUT2D eigenvalue weighted by molar-refractivity contribution is -0.150. The molecule has 4 aliphatic rings. The zero-order valence-corrected chi connectivity index (χ0v) is 30.7. The zero-order chi connectivity index (χ0) is 35.2. The number of β-lactam (4-membered cyclic amide) rings is 1. The number of anilines is 2. The summed E-state index contributed by atoms with van der Waals surface area (Å²) >= 11 is 0. The van der Waals surface area contributed by atoms with E-state index in [2.05, 4.69) is 32.9 Å². The fourth-order valence-electron chi connectivity index (χ4n) is 8.47. The largest absolute Gasteiger partial charge is 0.432 e. The predicted octanol–water partition coefficient (Wildman–Crippen LogP) is 5.60. The van der Waals surface area contributed by atoms with Gasteiger partial charge in [-0.2, -0.15) is 0 Å². The Bertz CT molecular complexity index is 1690. The van der Waals surface area contributed by atoms with Gasteiger partial charge in [0.15, 0.2) is 13.9 Å². The Morgan fingerprint density at radius 3 is 2.45 bits per heavy atom. The van der Waals surface area contributed by atoms with Crippen molar-refractivity contribution >= 4 is 37.4 Å². The molecule has 4 aliphatic heterocycles. The lowest BCUT2D eigenvalue weighted by atomic mass is 9.82. The molecular weight excluding hydrogens is 635 g/mol. The van der Waals surface area contributed by atoms with Crippen LogP contribution in [0.25, 0.3) is 0 Å². The monoisotopic (exact) mass is 685 g/mol. The molecule has 0 radical (unpaired) electrons. The molecule has 2 N–H and O–H groups in total. The van der Waals surface area contributed by atoms with E-state index in [4.69, 9.17) is 4.74 Å². The standard InChI is InChI=1S/C39H51N3O6Si/c1-25(2)10-9-11-26(3)16-18-41-33-15-14-30(40-19-17-35(40)44)21-32(33)39(38(41)46)27(4)37(49(5,6)47)34(48-39)22-36(45)42-23-29-13-8-7-12-28(29)20-31(42)24-43/h7-8,10,12-16,21,27,31,34,37,43,47H,9,11,17-20,22-24H2,1-6H3/b26-16+/t27-,31-,34+,37-,39+/m0/s1. The van der Waals surface area contributed by atoms with E-state index in [1.165, 1.54) is 11.1 Å². The fourth-order valence-corrected chi connectivity index (χ4v) is 11.0. The van der Waals surface area contributed by atoms with Crippen LogP contribution in [0.5, 0.6) is 0 Å². The molecule has 2 fully saturated rings. The summed E-state index contributed by atoms with van der Waals surface area (Å²) in [7, 11) is -3.02. The third-order valence-electron chi connectivity index (χ3n) is 11.1. The maximum Gasteiger partial charge on any atom is 0.264 e. The van der Waals surface area contributed by atoms with E-state index in [1.54, 1.807) is 14.7 Å². The summed E-state index contributed by atoms with van der Waals surface area (Å²) in [5, 5.41) is 10.3. The maximum absolute atomic E-state index is 14.9. The summed E-state index contributed by atoms with van der Waals surface area (Å²) in [6.45, 7) is 13.2. The van der Waals surface area contributed by atoms with Crippen LogP contribution in [-0.2, 0) is 37.7 Å². The Balaban J connectivity index is 1.35. The van der Waals surface area contributed by atoms with Crippen molar-refractivity contribution in [1.82, 2.24) is 4.90 Å². The minimum Gasteiger partial charge on any atom is -0.432 e. The Morgan fingerprint density at radius 2 is 1.82 bits per heavy atom. The molecule has 0 bridgehead atoms. The van der Waals surface area contributed by atoms with Crippen molar-refractivity contribution in [3.8, 4) is 0 Å². The van der Waals surface area contributed by atoms with Crippen LogP contribution in [0.3, 0.4) is 0 Å². The third kappa shape index (κ3) is 6.44. The van der Waals surface area contributed by atoms with E-state index in [0.717, 1.165) is 35.3 Å². The van der Waals surface area contributed by atoms with Gasteiger partial charge in [0.2, 0.25) is 11.8 Å². The fraction of sp³-hybridized carbons (Fsp3) is 0.513. The highest BCUT2D eigenvalue weighted by Crippen LogP contribution is 2.60. The van der Waals surface area contributed by atoms with Crippen LogP contribution < -0.4 is 9.80 Å². The van der Waals surface area contributed by atoms with Crippen molar-refractivity contribution in [1.29, 1.82) is 0 Å². The summed E-state index contributed by atoms with van der Waals surface area (Å²) in [6.07, 6.45) is 6.46. The molecule has 2 aromatic rings. The van der Waals surface area contributed by atoms with Crippen molar-refractivity contribution in [2.45, 2.75) is 103 Å². The van der Waals surface area contributed by atoms with Crippen LogP contribution >= 0.6 is 0 Å². The van der Waals surface area contributed by atoms with Crippen molar-refractivity contribution < 1.29 is 29.0 Å². The number of fused-ring (bicyclic) bond motifs is 3. The maximum atomic E-state index is 14.9. The second-order valence-corrected chi connectivity index (χ2v) is 19.2. The minimum absolute atomic E-state index is 0.0112. The second-order valence-electron chi connectivity index (χ2n) is 15.2. The highest BCUT2D eigenvalue weighted by Gasteiger charge is 2.66. The van der Waals surface area contributed by atoms with Crippen LogP contribution in [0.2, 0.25) is 18.6 Å².